The lowest BCUT2D eigenvalue weighted by molar-refractivity contribution is -0.113. The summed E-state index contributed by atoms with van der Waals surface area (Å²) in [6, 6.07) is 8.35. The molecule has 28 heavy (non-hydrogen) atoms. The third-order valence-corrected chi connectivity index (χ3v) is 5.78. The SMILES string of the molecule is N#Cc1cc2c(nc1SCC(=O)Nc1ccc(Cl)c(C(=O)O)c1)CCCCC2. The van der Waals surface area contributed by atoms with Crippen LogP contribution in [0.2, 0.25) is 5.02 Å². The number of nitrogens with zero attached hydrogens (tertiary/aromatic N) is 2. The Morgan fingerprint density at radius 1 is 1.25 bits per heavy atom. The Balaban J connectivity index is 1.69. The first-order valence-electron chi connectivity index (χ1n) is 8.86. The molecule has 144 valence electrons. The molecular formula is C20H18ClN3O3S. The number of hydrogen-bond donors (Lipinski definition) is 2. The molecular weight excluding hydrogens is 398 g/mol. The summed E-state index contributed by atoms with van der Waals surface area (Å²) in [6.07, 6.45) is 5.17. The summed E-state index contributed by atoms with van der Waals surface area (Å²) in [5, 5.41) is 21.9. The molecule has 1 heterocycles. The Labute approximate surface area is 171 Å². The average molecular weight is 416 g/mol. The van der Waals surface area contributed by atoms with E-state index in [-0.39, 0.29) is 22.2 Å². The molecule has 0 saturated carbocycles. The minimum atomic E-state index is -1.16. The number of carboxylic acids is 1. The highest BCUT2D eigenvalue weighted by molar-refractivity contribution is 8.00. The molecule has 8 heteroatoms. The summed E-state index contributed by atoms with van der Waals surface area (Å²) in [5.41, 5.74) is 2.90. The van der Waals surface area contributed by atoms with Crippen LogP contribution < -0.4 is 5.32 Å². The van der Waals surface area contributed by atoms with Crippen LogP contribution in [0.15, 0.2) is 29.3 Å². The normalized spacial score (nSPS) is 13.1. The minimum Gasteiger partial charge on any atom is -0.478 e. The zero-order chi connectivity index (χ0) is 20.1. The second kappa shape index (κ2) is 9.09. The molecule has 1 amide bonds. The first-order valence-corrected chi connectivity index (χ1v) is 10.2. The predicted molar refractivity (Wildman–Crippen MR) is 108 cm³/mol. The van der Waals surface area contributed by atoms with Gasteiger partial charge >= 0.3 is 5.97 Å². The van der Waals surface area contributed by atoms with E-state index < -0.39 is 5.97 Å². The van der Waals surface area contributed by atoms with Crippen LogP contribution in [0.3, 0.4) is 0 Å². The molecule has 1 aliphatic rings. The predicted octanol–water partition coefficient (Wildman–Crippen LogP) is 4.30. The van der Waals surface area contributed by atoms with E-state index in [0.717, 1.165) is 43.4 Å². The van der Waals surface area contributed by atoms with Crippen molar-refractivity contribution in [2.45, 2.75) is 37.1 Å². The fourth-order valence-corrected chi connectivity index (χ4v) is 4.05. The van der Waals surface area contributed by atoms with Gasteiger partial charge in [-0.1, -0.05) is 29.8 Å². The number of fused-ring (bicyclic) bond motifs is 1. The lowest BCUT2D eigenvalue weighted by Gasteiger charge is -2.10. The molecule has 0 saturated heterocycles. The van der Waals surface area contributed by atoms with Gasteiger partial charge in [-0.05, 0) is 55.5 Å². The van der Waals surface area contributed by atoms with Gasteiger partial charge in [0.2, 0.25) is 5.91 Å². The summed E-state index contributed by atoms with van der Waals surface area (Å²) in [4.78, 5) is 28.1. The largest absolute Gasteiger partial charge is 0.478 e. The van der Waals surface area contributed by atoms with Crippen molar-refractivity contribution in [1.29, 1.82) is 5.26 Å². The van der Waals surface area contributed by atoms with Crippen molar-refractivity contribution in [3.63, 3.8) is 0 Å². The third kappa shape index (κ3) is 4.83. The van der Waals surface area contributed by atoms with Gasteiger partial charge in [-0.15, -0.1) is 0 Å². The molecule has 1 aliphatic carbocycles. The molecule has 6 nitrogen and oxygen atoms in total. The number of carboxylic acid groups (broad SMARTS) is 1. The fourth-order valence-electron chi connectivity index (χ4n) is 3.08. The van der Waals surface area contributed by atoms with E-state index in [4.69, 9.17) is 16.7 Å². The van der Waals surface area contributed by atoms with Gasteiger partial charge in [-0.2, -0.15) is 5.26 Å². The summed E-state index contributed by atoms with van der Waals surface area (Å²) >= 11 is 7.04. The molecule has 0 radical (unpaired) electrons. The third-order valence-electron chi connectivity index (χ3n) is 4.46. The smallest absolute Gasteiger partial charge is 0.337 e. The van der Waals surface area contributed by atoms with Crippen molar-refractivity contribution < 1.29 is 14.7 Å². The van der Waals surface area contributed by atoms with Crippen LogP contribution in [0.1, 0.15) is 46.4 Å². The van der Waals surface area contributed by atoms with Gasteiger partial charge in [0, 0.05) is 11.4 Å². The first kappa shape index (κ1) is 20.2. The Kier molecular flexibility index (Phi) is 6.55. The topological polar surface area (TPSA) is 103 Å². The lowest BCUT2D eigenvalue weighted by Crippen LogP contribution is -2.15. The highest BCUT2D eigenvalue weighted by Crippen LogP contribution is 2.27. The maximum absolute atomic E-state index is 12.3. The van der Waals surface area contributed by atoms with Gasteiger partial charge in [0.1, 0.15) is 11.1 Å². The number of aryl methyl sites for hydroxylation is 2. The quantitative estimate of drug-likeness (QED) is 0.557. The first-order chi connectivity index (χ1) is 13.5. The van der Waals surface area contributed by atoms with Gasteiger partial charge in [0.15, 0.2) is 0 Å². The summed E-state index contributed by atoms with van der Waals surface area (Å²) in [5.74, 6) is -1.42. The Bertz CT molecular complexity index is 972. The van der Waals surface area contributed by atoms with Gasteiger partial charge in [0.25, 0.3) is 0 Å². The number of amides is 1. The molecule has 0 aliphatic heterocycles. The average Bonchev–Trinajstić information content (AvgIpc) is 2.91. The van der Waals surface area contributed by atoms with E-state index in [9.17, 15) is 14.9 Å². The Morgan fingerprint density at radius 3 is 2.79 bits per heavy atom. The molecule has 0 spiro atoms. The fraction of sp³-hybridized carbons (Fsp3) is 0.300. The van der Waals surface area contributed by atoms with Gasteiger partial charge in [-0.25, -0.2) is 9.78 Å². The summed E-state index contributed by atoms with van der Waals surface area (Å²) in [7, 11) is 0. The van der Waals surface area contributed by atoms with E-state index in [0.29, 0.717) is 16.3 Å². The standard InChI is InChI=1S/C20H18ClN3O3S/c21-16-7-6-14(9-15(16)20(26)27)23-18(25)11-28-19-13(10-22)8-12-4-2-1-3-5-17(12)24-19/h6-9H,1-5,11H2,(H,23,25)(H,26,27). The van der Waals surface area contributed by atoms with Crippen molar-refractivity contribution in [3.05, 3.63) is 51.7 Å². The summed E-state index contributed by atoms with van der Waals surface area (Å²) < 4.78 is 0. The van der Waals surface area contributed by atoms with Gasteiger partial charge < -0.3 is 10.4 Å². The highest BCUT2D eigenvalue weighted by Gasteiger charge is 2.16. The van der Waals surface area contributed by atoms with Gasteiger partial charge in [-0.3, -0.25) is 4.79 Å². The number of halogens is 1. The second-order valence-electron chi connectivity index (χ2n) is 6.46. The number of carbonyl (C=O) groups excluding carboxylic acids is 1. The van der Waals surface area contributed by atoms with Crippen LogP contribution in [0, 0.1) is 11.3 Å². The second-order valence-corrected chi connectivity index (χ2v) is 7.83. The zero-order valence-corrected chi connectivity index (χ0v) is 16.6. The monoisotopic (exact) mass is 415 g/mol. The molecule has 3 rings (SSSR count). The molecule has 2 N–H and O–H groups in total. The zero-order valence-electron chi connectivity index (χ0n) is 15.0. The molecule has 1 aromatic carbocycles. The van der Waals surface area contributed by atoms with E-state index in [1.807, 2.05) is 6.07 Å². The Morgan fingerprint density at radius 2 is 2.04 bits per heavy atom. The number of pyridine rings is 1. The number of rotatable bonds is 5. The van der Waals surface area contributed by atoms with E-state index in [1.165, 1.54) is 23.9 Å². The van der Waals surface area contributed by atoms with E-state index in [2.05, 4.69) is 16.4 Å². The van der Waals surface area contributed by atoms with Crippen molar-refractivity contribution in [1.82, 2.24) is 4.98 Å². The number of nitrogens with one attached hydrogen (secondary N) is 1. The minimum absolute atomic E-state index is 0.0610. The lowest BCUT2D eigenvalue weighted by atomic mass is 10.1. The van der Waals surface area contributed by atoms with E-state index >= 15 is 0 Å². The maximum Gasteiger partial charge on any atom is 0.337 e. The number of benzene rings is 1. The molecule has 0 bridgehead atoms. The Hall–Kier alpha value is -2.56. The van der Waals surface area contributed by atoms with Crippen molar-refractivity contribution in [2.75, 3.05) is 11.1 Å². The molecule has 0 fully saturated rings. The number of nitriles is 1. The van der Waals surface area contributed by atoms with Gasteiger partial charge in [0.05, 0.1) is 21.9 Å². The number of thioether (sulfide) groups is 1. The molecule has 2 aromatic rings. The number of carbonyl (C=O) groups is 2. The molecule has 1 aromatic heterocycles. The summed E-state index contributed by atoms with van der Waals surface area (Å²) in [6.45, 7) is 0. The van der Waals surface area contributed by atoms with Crippen molar-refractivity contribution in [2.24, 2.45) is 0 Å². The number of aromatic nitrogens is 1. The molecule has 0 unspecified atom stereocenters. The number of anilines is 1. The van der Waals surface area contributed by atoms with Crippen LogP contribution in [0.5, 0.6) is 0 Å². The van der Waals surface area contributed by atoms with E-state index in [1.54, 1.807) is 6.07 Å². The van der Waals surface area contributed by atoms with Crippen molar-refractivity contribution >= 4 is 40.9 Å². The van der Waals surface area contributed by atoms with Crippen LogP contribution >= 0.6 is 23.4 Å². The molecule has 0 atom stereocenters. The van der Waals surface area contributed by atoms with Crippen LogP contribution in [0.25, 0.3) is 0 Å². The van der Waals surface area contributed by atoms with Crippen LogP contribution in [-0.4, -0.2) is 27.7 Å². The number of aromatic carboxylic acids is 1. The van der Waals surface area contributed by atoms with Crippen LogP contribution in [-0.2, 0) is 17.6 Å². The number of hydrogen-bond acceptors (Lipinski definition) is 5. The van der Waals surface area contributed by atoms with Crippen LogP contribution in [0.4, 0.5) is 5.69 Å². The highest BCUT2D eigenvalue weighted by atomic mass is 35.5. The maximum atomic E-state index is 12.3. The van der Waals surface area contributed by atoms with Crippen molar-refractivity contribution in [3.8, 4) is 6.07 Å².